The maximum atomic E-state index is 15.0. The first-order valence-electron chi connectivity index (χ1n) is 22.2. The fraction of sp³-hybridized carbons (Fsp3) is 0.600. The summed E-state index contributed by atoms with van der Waals surface area (Å²) in [5, 5.41) is 26.7. The number of carbonyl (C=O) groups excluding carboxylic acids is 2. The van der Waals surface area contributed by atoms with E-state index in [2.05, 4.69) is 51.1 Å². The van der Waals surface area contributed by atoms with Gasteiger partial charge in [-0.25, -0.2) is 4.79 Å². The van der Waals surface area contributed by atoms with E-state index < -0.39 is 16.4 Å². The van der Waals surface area contributed by atoms with E-state index in [-0.39, 0.29) is 52.6 Å². The minimum absolute atomic E-state index is 0.0288. The summed E-state index contributed by atoms with van der Waals surface area (Å²) in [7, 11) is 0. The summed E-state index contributed by atoms with van der Waals surface area (Å²) in [6.07, 6.45) is 19.3. The van der Waals surface area contributed by atoms with E-state index in [4.69, 9.17) is 4.74 Å². The topological polar surface area (TPSA) is 87.1 Å². The molecule has 7 fully saturated rings. The van der Waals surface area contributed by atoms with E-state index in [1.165, 1.54) is 38.5 Å². The molecule has 10 aliphatic carbocycles. The summed E-state index contributed by atoms with van der Waals surface area (Å²) in [6, 6.07) is 18.1. The standard InChI is InChI=1S/C50H59NO5S/c1-31-8-11-40(57-31)43(53)39-28-48-18-19-50(39)41(45(48,2)15-12-37(52)27-48)13-16-46(3)42(50)14-17-49(46,55)30-51(29-47-24-32-20-33(25-47)22-34(21-32)26-47)44(54)56-38-10-9-35-6-4-5-7-36(35)23-38/h4-11,18-19,23,28,32-34,37,41-42,52,55H,12-17,20-22,24-27,29-30H2,1-3H3. The Kier molecular flexibility index (Phi) is 8.00. The molecule has 0 aliphatic heterocycles. The molecule has 7 saturated carbocycles. The van der Waals surface area contributed by atoms with Crippen LogP contribution in [-0.4, -0.2) is 51.8 Å². The van der Waals surface area contributed by atoms with Crippen LogP contribution in [0.4, 0.5) is 4.79 Å². The van der Waals surface area contributed by atoms with Crippen LogP contribution in [0.1, 0.15) is 112 Å². The normalized spacial score (nSPS) is 43.4. The zero-order valence-electron chi connectivity index (χ0n) is 34.0. The Bertz CT molecular complexity index is 2200. The number of aliphatic hydroxyl groups excluding tert-OH is 1. The second kappa shape index (κ2) is 12.4. The predicted molar refractivity (Wildman–Crippen MR) is 224 cm³/mol. The molecule has 2 N–H and O–H groups in total. The summed E-state index contributed by atoms with van der Waals surface area (Å²) >= 11 is 1.57. The van der Waals surface area contributed by atoms with Gasteiger partial charge >= 0.3 is 6.09 Å². The van der Waals surface area contributed by atoms with Crippen molar-refractivity contribution in [3.8, 4) is 5.75 Å². The van der Waals surface area contributed by atoms with Gasteiger partial charge in [0.05, 0.1) is 23.1 Å². The number of hydrogen-bond acceptors (Lipinski definition) is 6. The number of fused-ring (bicyclic) bond motifs is 2. The van der Waals surface area contributed by atoms with Crippen molar-refractivity contribution in [2.24, 2.45) is 56.7 Å². The second-order valence-corrected chi connectivity index (χ2v) is 22.5. The molecule has 0 radical (unpaired) electrons. The number of benzene rings is 2. The third-order valence-electron chi connectivity index (χ3n) is 18.2. The first-order chi connectivity index (χ1) is 27.3. The third-order valence-corrected chi connectivity index (χ3v) is 19.2. The van der Waals surface area contributed by atoms with Crippen molar-refractivity contribution >= 4 is 34.0 Å². The highest BCUT2D eigenvalue weighted by atomic mass is 32.1. The molecule has 13 rings (SSSR count). The molecule has 6 nitrogen and oxygen atoms in total. The molecule has 1 amide bonds. The molecule has 1 aromatic heterocycles. The number of hydrogen-bond donors (Lipinski definition) is 2. The molecular weight excluding hydrogens is 727 g/mol. The Morgan fingerprint density at radius 1 is 0.807 bits per heavy atom. The number of rotatable bonds is 7. The minimum atomic E-state index is -1.15. The largest absolute Gasteiger partial charge is 0.415 e. The smallest absolute Gasteiger partial charge is 0.410 e. The van der Waals surface area contributed by atoms with Crippen LogP contribution < -0.4 is 4.74 Å². The van der Waals surface area contributed by atoms with Crippen LogP contribution >= 0.6 is 11.3 Å². The molecule has 1 heterocycles. The molecule has 57 heavy (non-hydrogen) atoms. The highest BCUT2D eigenvalue weighted by molar-refractivity contribution is 7.14. The lowest BCUT2D eigenvalue weighted by Gasteiger charge is -2.71. The number of ketones is 1. The summed E-state index contributed by atoms with van der Waals surface area (Å²) in [5.41, 5.74) is -1.71. The van der Waals surface area contributed by atoms with Gasteiger partial charge in [-0.3, -0.25) is 4.79 Å². The molecule has 10 aliphatic rings. The van der Waals surface area contributed by atoms with Crippen molar-refractivity contribution < 1.29 is 24.5 Å². The van der Waals surface area contributed by atoms with Gasteiger partial charge in [-0.2, -0.15) is 0 Å². The first-order valence-corrected chi connectivity index (χ1v) is 23.0. The Morgan fingerprint density at radius 3 is 2.21 bits per heavy atom. The number of aliphatic hydroxyl groups is 2. The van der Waals surface area contributed by atoms with Crippen LogP contribution in [-0.2, 0) is 0 Å². The van der Waals surface area contributed by atoms with Crippen LogP contribution in [0.2, 0.25) is 0 Å². The van der Waals surface area contributed by atoms with Gasteiger partial charge in [0.2, 0.25) is 0 Å². The number of ether oxygens (including phenoxy) is 1. The summed E-state index contributed by atoms with van der Waals surface area (Å²) in [4.78, 5) is 33.6. The molecule has 8 atom stereocenters. The third kappa shape index (κ3) is 5.19. The predicted octanol–water partition coefficient (Wildman–Crippen LogP) is 10.7. The van der Waals surface area contributed by atoms with E-state index in [1.807, 2.05) is 47.4 Å². The fourth-order valence-electron chi connectivity index (χ4n) is 16.1. The van der Waals surface area contributed by atoms with Crippen LogP contribution in [0.3, 0.4) is 0 Å². The van der Waals surface area contributed by atoms with Gasteiger partial charge in [0.25, 0.3) is 0 Å². The molecule has 2 spiro atoms. The van der Waals surface area contributed by atoms with Gasteiger partial charge in [-0.05, 0) is 166 Å². The summed E-state index contributed by atoms with van der Waals surface area (Å²) < 4.78 is 6.33. The number of aryl methyl sites for hydroxylation is 1. The van der Waals surface area contributed by atoms with Crippen molar-refractivity contribution in [2.75, 3.05) is 13.1 Å². The number of allylic oxidation sites excluding steroid dienone is 4. The fourth-order valence-corrected chi connectivity index (χ4v) is 16.9. The van der Waals surface area contributed by atoms with Crippen LogP contribution in [0.15, 0.2) is 78.4 Å². The molecule has 3 aromatic rings. The number of Topliss-reactive ketones (excluding diaryl/α,β-unsaturated/α-hetero) is 1. The lowest BCUT2D eigenvalue weighted by molar-refractivity contribution is -0.176. The van der Waals surface area contributed by atoms with Crippen molar-refractivity contribution in [3.05, 3.63) is 88.2 Å². The minimum Gasteiger partial charge on any atom is -0.410 e. The molecule has 0 saturated heterocycles. The van der Waals surface area contributed by atoms with Gasteiger partial charge in [-0.15, -0.1) is 11.3 Å². The van der Waals surface area contributed by atoms with E-state index in [0.717, 1.165) is 76.0 Å². The Labute approximate surface area is 341 Å². The lowest BCUT2D eigenvalue weighted by atomic mass is 9.32. The number of amides is 1. The van der Waals surface area contributed by atoms with Crippen molar-refractivity contribution in [2.45, 2.75) is 116 Å². The average Bonchev–Trinajstić information content (AvgIpc) is 3.73. The van der Waals surface area contributed by atoms with Crippen LogP contribution in [0.5, 0.6) is 5.75 Å². The van der Waals surface area contributed by atoms with Crippen LogP contribution in [0.25, 0.3) is 10.8 Å². The van der Waals surface area contributed by atoms with Crippen LogP contribution in [0, 0.1) is 63.6 Å². The van der Waals surface area contributed by atoms with Gasteiger partial charge in [0.1, 0.15) is 5.75 Å². The van der Waals surface area contributed by atoms with Gasteiger partial charge < -0.3 is 19.8 Å². The monoisotopic (exact) mass is 785 g/mol. The molecular formula is C50H59NO5S. The van der Waals surface area contributed by atoms with Crippen molar-refractivity contribution in [1.29, 1.82) is 0 Å². The summed E-state index contributed by atoms with van der Waals surface area (Å²) in [5.74, 6) is 3.15. The molecule has 8 unspecified atom stereocenters. The quantitative estimate of drug-likeness (QED) is 0.184. The van der Waals surface area contributed by atoms with Gasteiger partial charge in [0, 0.05) is 33.2 Å². The van der Waals surface area contributed by atoms with E-state index >= 15 is 0 Å². The Morgan fingerprint density at radius 2 is 1.49 bits per heavy atom. The average molecular weight is 786 g/mol. The highest BCUT2D eigenvalue weighted by Crippen LogP contribution is 2.78. The molecule has 300 valence electrons. The van der Waals surface area contributed by atoms with E-state index in [1.54, 1.807) is 11.3 Å². The molecule has 7 heteroatoms. The van der Waals surface area contributed by atoms with E-state index in [9.17, 15) is 19.8 Å². The Balaban J connectivity index is 0.968. The highest BCUT2D eigenvalue weighted by Gasteiger charge is 2.75. The SMILES string of the molecule is Cc1ccc(C(=O)C2=CC34C=CC25C(CCC2(C)C5CCC2(O)CN(CC25CC6CC(CC(C6)C2)C5)C(=O)Oc2ccc5ccccc5c2)C3(C)CCC(O)C4)s1. The van der Waals surface area contributed by atoms with Gasteiger partial charge in [-0.1, -0.05) is 62.4 Å². The summed E-state index contributed by atoms with van der Waals surface area (Å²) in [6.45, 7) is 7.66. The van der Waals surface area contributed by atoms with Crippen molar-refractivity contribution in [1.82, 2.24) is 4.90 Å². The zero-order valence-corrected chi connectivity index (χ0v) is 34.8. The number of carbonyl (C=O) groups is 2. The molecule has 2 aromatic carbocycles. The van der Waals surface area contributed by atoms with Crippen molar-refractivity contribution in [3.63, 3.8) is 0 Å². The molecule has 6 bridgehead atoms. The Hall–Kier alpha value is -3.26. The number of thiophene rings is 1. The second-order valence-electron chi connectivity index (χ2n) is 21.2. The van der Waals surface area contributed by atoms with E-state index in [0.29, 0.717) is 25.1 Å². The zero-order chi connectivity index (χ0) is 39.2. The lowest BCUT2D eigenvalue weighted by Crippen LogP contribution is -2.67. The number of nitrogens with zero attached hydrogens (tertiary/aromatic N) is 1. The van der Waals surface area contributed by atoms with Gasteiger partial charge in [0.15, 0.2) is 5.78 Å². The maximum absolute atomic E-state index is 15.0. The first kappa shape index (κ1) is 36.8. The maximum Gasteiger partial charge on any atom is 0.415 e.